The van der Waals surface area contributed by atoms with E-state index in [1.807, 2.05) is 30.9 Å². The number of hydrogen-bond donors (Lipinski definition) is 1. The number of amides is 1. The van der Waals surface area contributed by atoms with Gasteiger partial charge in [0, 0.05) is 50.5 Å². The van der Waals surface area contributed by atoms with Crippen molar-refractivity contribution >= 4 is 11.6 Å². The van der Waals surface area contributed by atoms with Crippen molar-refractivity contribution in [1.82, 2.24) is 10.2 Å². The quantitative estimate of drug-likeness (QED) is 0.894. The van der Waals surface area contributed by atoms with Gasteiger partial charge in [-0.05, 0) is 38.1 Å². The maximum absolute atomic E-state index is 12.2. The summed E-state index contributed by atoms with van der Waals surface area (Å²) in [6, 6.07) is 8.00. The molecular formula is C15H23N3O. The molecule has 4 nitrogen and oxygen atoms in total. The molecule has 104 valence electrons. The molecule has 0 aliphatic carbocycles. The molecule has 1 fully saturated rings. The first kappa shape index (κ1) is 13.9. The molecule has 2 rings (SSSR count). The minimum atomic E-state index is 0.122. The Hall–Kier alpha value is -1.55. The molecule has 0 atom stereocenters. The predicted molar refractivity (Wildman–Crippen MR) is 78.8 cm³/mol. The average Bonchev–Trinajstić information content (AvgIpc) is 2.49. The van der Waals surface area contributed by atoms with E-state index < -0.39 is 0 Å². The summed E-state index contributed by atoms with van der Waals surface area (Å²) in [6.45, 7) is 9.66. The highest BCUT2D eigenvalue weighted by Gasteiger charge is 2.14. The molecule has 0 radical (unpaired) electrons. The zero-order valence-corrected chi connectivity index (χ0v) is 11.9. The molecule has 0 unspecified atom stereocenters. The first-order valence-corrected chi connectivity index (χ1v) is 7.11. The normalized spacial score (nSPS) is 15.4. The molecule has 1 aliphatic rings. The van der Waals surface area contributed by atoms with Gasteiger partial charge in [-0.2, -0.15) is 0 Å². The van der Waals surface area contributed by atoms with Crippen LogP contribution >= 0.6 is 0 Å². The van der Waals surface area contributed by atoms with Crippen LogP contribution in [-0.2, 0) is 0 Å². The van der Waals surface area contributed by atoms with Gasteiger partial charge in [-0.1, -0.05) is 0 Å². The highest BCUT2D eigenvalue weighted by atomic mass is 16.2. The highest BCUT2D eigenvalue weighted by molar-refractivity contribution is 5.94. The average molecular weight is 261 g/mol. The molecule has 0 saturated carbocycles. The van der Waals surface area contributed by atoms with Crippen LogP contribution in [0.25, 0.3) is 0 Å². The second kappa shape index (κ2) is 6.57. The van der Waals surface area contributed by atoms with Crippen LogP contribution in [0.5, 0.6) is 0 Å². The fraction of sp³-hybridized carbons (Fsp3) is 0.533. The maximum Gasteiger partial charge on any atom is 0.253 e. The van der Waals surface area contributed by atoms with Crippen molar-refractivity contribution in [3.8, 4) is 0 Å². The first-order valence-electron chi connectivity index (χ1n) is 7.11. The SMILES string of the molecule is CCN(CC)C(=O)c1ccc(N2CCNCC2)cc1. The van der Waals surface area contributed by atoms with Crippen molar-refractivity contribution in [3.05, 3.63) is 29.8 Å². The first-order chi connectivity index (χ1) is 9.26. The summed E-state index contributed by atoms with van der Waals surface area (Å²) >= 11 is 0. The van der Waals surface area contributed by atoms with Crippen LogP contribution in [0.15, 0.2) is 24.3 Å². The molecule has 4 heteroatoms. The van der Waals surface area contributed by atoms with E-state index in [0.717, 1.165) is 44.8 Å². The van der Waals surface area contributed by atoms with Gasteiger partial charge in [0.25, 0.3) is 5.91 Å². The number of nitrogens with zero attached hydrogens (tertiary/aromatic N) is 2. The van der Waals surface area contributed by atoms with E-state index in [0.29, 0.717) is 0 Å². The van der Waals surface area contributed by atoms with Gasteiger partial charge < -0.3 is 15.1 Å². The third-order valence-electron chi connectivity index (χ3n) is 3.65. The van der Waals surface area contributed by atoms with Gasteiger partial charge in [0.1, 0.15) is 0 Å². The van der Waals surface area contributed by atoms with Crippen molar-refractivity contribution < 1.29 is 4.79 Å². The minimum Gasteiger partial charge on any atom is -0.369 e. The van der Waals surface area contributed by atoms with E-state index in [4.69, 9.17) is 0 Å². The van der Waals surface area contributed by atoms with Crippen molar-refractivity contribution in [1.29, 1.82) is 0 Å². The highest BCUT2D eigenvalue weighted by Crippen LogP contribution is 2.16. The van der Waals surface area contributed by atoms with Gasteiger partial charge in [-0.3, -0.25) is 4.79 Å². The summed E-state index contributed by atoms with van der Waals surface area (Å²) in [6.07, 6.45) is 0. The molecule has 1 amide bonds. The molecule has 19 heavy (non-hydrogen) atoms. The minimum absolute atomic E-state index is 0.122. The van der Waals surface area contributed by atoms with E-state index in [-0.39, 0.29) is 5.91 Å². The summed E-state index contributed by atoms with van der Waals surface area (Å²) in [7, 11) is 0. The lowest BCUT2D eigenvalue weighted by Crippen LogP contribution is -2.43. The lowest BCUT2D eigenvalue weighted by molar-refractivity contribution is 0.0773. The van der Waals surface area contributed by atoms with Crippen LogP contribution in [0.1, 0.15) is 24.2 Å². The molecule has 0 spiro atoms. The van der Waals surface area contributed by atoms with Gasteiger partial charge in [0.15, 0.2) is 0 Å². The molecule has 1 aromatic carbocycles. The molecule has 1 aromatic rings. The Morgan fingerprint density at radius 2 is 1.74 bits per heavy atom. The van der Waals surface area contributed by atoms with Gasteiger partial charge in [0.05, 0.1) is 0 Å². The fourth-order valence-corrected chi connectivity index (χ4v) is 2.43. The molecule has 1 heterocycles. The van der Waals surface area contributed by atoms with Crippen LogP contribution in [0, 0.1) is 0 Å². The standard InChI is InChI=1S/C15H23N3O/c1-3-17(4-2)15(19)13-5-7-14(8-6-13)18-11-9-16-10-12-18/h5-8,16H,3-4,9-12H2,1-2H3. The summed E-state index contributed by atoms with van der Waals surface area (Å²) in [5.74, 6) is 0.122. The Balaban J connectivity index is 2.07. The smallest absolute Gasteiger partial charge is 0.253 e. The Bertz CT molecular complexity index is 406. The molecule has 0 aromatic heterocycles. The molecule has 1 aliphatic heterocycles. The molecule has 0 bridgehead atoms. The monoisotopic (exact) mass is 261 g/mol. The zero-order valence-electron chi connectivity index (χ0n) is 11.9. The van der Waals surface area contributed by atoms with Crippen LogP contribution in [0.3, 0.4) is 0 Å². The topological polar surface area (TPSA) is 35.6 Å². The van der Waals surface area contributed by atoms with Gasteiger partial charge in [-0.25, -0.2) is 0 Å². The van der Waals surface area contributed by atoms with E-state index in [1.54, 1.807) is 0 Å². The van der Waals surface area contributed by atoms with Crippen LogP contribution in [0.4, 0.5) is 5.69 Å². The van der Waals surface area contributed by atoms with E-state index in [1.165, 1.54) is 5.69 Å². The largest absolute Gasteiger partial charge is 0.369 e. The Kier molecular flexibility index (Phi) is 4.80. The third-order valence-corrected chi connectivity index (χ3v) is 3.65. The number of piperazine rings is 1. The lowest BCUT2D eigenvalue weighted by atomic mass is 10.1. The molecule has 1 N–H and O–H groups in total. The van der Waals surface area contributed by atoms with Crippen LogP contribution < -0.4 is 10.2 Å². The summed E-state index contributed by atoms with van der Waals surface area (Å²) in [5, 5.41) is 3.34. The number of rotatable bonds is 4. The molecule has 1 saturated heterocycles. The Labute approximate surface area is 115 Å². The van der Waals surface area contributed by atoms with Crippen molar-refractivity contribution in [2.75, 3.05) is 44.2 Å². The number of carbonyl (C=O) groups excluding carboxylic acids is 1. The maximum atomic E-state index is 12.2. The van der Waals surface area contributed by atoms with Crippen LogP contribution in [-0.4, -0.2) is 50.1 Å². The Morgan fingerprint density at radius 3 is 2.26 bits per heavy atom. The van der Waals surface area contributed by atoms with E-state index >= 15 is 0 Å². The van der Waals surface area contributed by atoms with Crippen molar-refractivity contribution in [2.24, 2.45) is 0 Å². The van der Waals surface area contributed by atoms with Crippen molar-refractivity contribution in [3.63, 3.8) is 0 Å². The zero-order chi connectivity index (χ0) is 13.7. The number of hydrogen-bond acceptors (Lipinski definition) is 3. The molecular weight excluding hydrogens is 238 g/mol. The van der Waals surface area contributed by atoms with E-state index in [9.17, 15) is 4.79 Å². The summed E-state index contributed by atoms with van der Waals surface area (Å²) in [5.41, 5.74) is 1.99. The van der Waals surface area contributed by atoms with Crippen LogP contribution in [0.2, 0.25) is 0 Å². The lowest BCUT2D eigenvalue weighted by Gasteiger charge is -2.29. The van der Waals surface area contributed by atoms with E-state index in [2.05, 4.69) is 22.3 Å². The number of benzene rings is 1. The summed E-state index contributed by atoms with van der Waals surface area (Å²) < 4.78 is 0. The van der Waals surface area contributed by atoms with Gasteiger partial charge in [-0.15, -0.1) is 0 Å². The fourth-order valence-electron chi connectivity index (χ4n) is 2.43. The second-order valence-electron chi connectivity index (χ2n) is 4.76. The number of nitrogens with one attached hydrogen (secondary N) is 1. The summed E-state index contributed by atoms with van der Waals surface area (Å²) in [4.78, 5) is 16.4. The number of carbonyl (C=O) groups is 1. The van der Waals surface area contributed by atoms with Gasteiger partial charge >= 0.3 is 0 Å². The number of anilines is 1. The predicted octanol–water partition coefficient (Wildman–Crippen LogP) is 1.58. The van der Waals surface area contributed by atoms with Crippen molar-refractivity contribution in [2.45, 2.75) is 13.8 Å². The second-order valence-corrected chi connectivity index (χ2v) is 4.76. The Morgan fingerprint density at radius 1 is 1.16 bits per heavy atom. The third kappa shape index (κ3) is 3.26. The van der Waals surface area contributed by atoms with Gasteiger partial charge in [0.2, 0.25) is 0 Å².